The third-order valence-electron chi connectivity index (χ3n) is 5.35. The van der Waals surface area contributed by atoms with E-state index in [0.29, 0.717) is 49.1 Å². The molecule has 1 N–H and O–H groups in total. The summed E-state index contributed by atoms with van der Waals surface area (Å²) in [7, 11) is 0. The summed E-state index contributed by atoms with van der Waals surface area (Å²) in [6.07, 6.45) is 3.15. The van der Waals surface area contributed by atoms with Gasteiger partial charge in [0.25, 0.3) is 5.56 Å². The van der Waals surface area contributed by atoms with Gasteiger partial charge < -0.3 is 15.1 Å². The molecule has 0 saturated carbocycles. The number of anilines is 3. The van der Waals surface area contributed by atoms with Crippen LogP contribution in [-0.4, -0.2) is 61.7 Å². The Kier molecular flexibility index (Phi) is 5.87. The topological polar surface area (TPSA) is 109 Å². The Morgan fingerprint density at radius 1 is 1.00 bits per heavy atom. The monoisotopic (exact) mass is 420 g/mol. The Morgan fingerprint density at radius 3 is 2.48 bits per heavy atom. The van der Waals surface area contributed by atoms with Crippen LogP contribution < -0.4 is 15.8 Å². The number of pyridine rings is 1. The lowest BCUT2D eigenvalue weighted by Crippen LogP contribution is -2.50. The number of hydrogen-bond acceptors (Lipinski definition) is 8. The van der Waals surface area contributed by atoms with Gasteiger partial charge in [-0.1, -0.05) is 6.07 Å². The average Bonchev–Trinajstić information content (AvgIpc) is 2.81. The Morgan fingerprint density at radius 2 is 1.81 bits per heavy atom. The molecule has 1 fully saturated rings. The van der Waals surface area contributed by atoms with Crippen LogP contribution in [0.1, 0.15) is 11.3 Å². The number of carbonyl (C=O) groups excluding carboxylic acids is 1. The maximum Gasteiger partial charge on any atom is 0.256 e. The second-order valence-corrected chi connectivity index (χ2v) is 7.37. The summed E-state index contributed by atoms with van der Waals surface area (Å²) in [6, 6.07) is 9.35. The zero-order valence-electron chi connectivity index (χ0n) is 17.5. The van der Waals surface area contributed by atoms with E-state index < -0.39 is 0 Å². The van der Waals surface area contributed by atoms with Crippen LogP contribution in [0.4, 0.5) is 17.5 Å². The van der Waals surface area contributed by atoms with Crippen molar-refractivity contribution in [2.45, 2.75) is 20.4 Å². The van der Waals surface area contributed by atoms with Gasteiger partial charge in [-0.05, 0) is 38.1 Å². The molecular weight excluding hydrogens is 396 g/mol. The van der Waals surface area contributed by atoms with E-state index in [9.17, 15) is 9.59 Å². The highest BCUT2D eigenvalue weighted by Gasteiger charge is 2.23. The van der Waals surface area contributed by atoms with Crippen molar-refractivity contribution < 1.29 is 4.79 Å². The number of piperazine rings is 1. The van der Waals surface area contributed by atoms with Crippen molar-refractivity contribution in [3.8, 4) is 0 Å². The van der Waals surface area contributed by atoms with Crippen LogP contribution in [0.25, 0.3) is 0 Å². The molecule has 0 spiro atoms. The number of rotatable bonds is 5. The molecule has 160 valence electrons. The number of aryl methyl sites for hydroxylation is 1. The zero-order valence-corrected chi connectivity index (χ0v) is 17.5. The first-order valence-electron chi connectivity index (χ1n) is 10.1. The van der Waals surface area contributed by atoms with E-state index >= 15 is 0 Å². The van der Waals surface area contributed by atoms with Crippen molar-refractivity contribution in [2.24, 2.45) is 0 Å². The van der Waals surface area contributed by atoms with E-state index in [-0.39, 0.29) is 18.0 Å². The lowest BCUT2D eigenvalue weighted by atomic mass is 10.2. The Balaban J connectivity index is 1.32. The molecule has 3 aromatic rings. The van der Waals surface area contributed by atoms with Crippen molar-refractivity contribution in [1.82, 2.24) is 29.6 Å². The Bertz CT molecular complexity index is 1110. The highest BCUT2D eigenvalue weighted by molar-refractivity contribution is 5.76. The number of amides is 1. The van der Waals surface area contributed by atoms with E-state index in [1.54, 1.807) is 24.9 Å². The number of carbonyl (C=O) groups is 1. The summed E-state index contributed by atoms with van der Waals surface area (Å²) in [5.74, 6) is 1.99. The van der Waals surface area contributed by atoms with Crippen LogP contribution in [0.15, 0.2) is 47.7 Å². The first kappa shape index (κ1) is 20.5. The molecule has 10 heteroatoms. The molecule has 1 aliphatic rings. The Hall–Kier alpha value is -3.82. The number of hydrogen-bond donors (Lipinski definition) is 1. The molecule has 31 heavy (non-hydrogen) atoms. The molecule has 3 aromatic heterocycles. The van der Waals surface area contributed by atoms with E-state index in [0.717, 1.165) is 5.82 Å². The molecule has 0 bridgehead atoms. The fourth-order valence-corrected chi connectivity index (χ4v) is 3.35. The van der Waals surface area contributed by atoms with Gasteiger partial charge in [-0.3, -0.25) is 14.2 Å². The SMILES string of the molecule is Cc1ncn(CC(=O)N2CCN(c3ccc(Nc4ccccn4)nn3)CC2)c(=O)c1C. The molecule has 1 amide bonds. The second kappa shape index (κ2) is 8.90. The summed E-state index contributed by atoms with van der Waals surface area (Å²) < 4.78 is 1.37. The van der Waals surface area contributed by atoms with Gasteiger partial charge in [0.15, 0.2) is 11.6 Å². The van der Waals surface area contributed by atoms with Crippen LogP contribution in [-0.2, 0) is 11.3 Å². The number of aromatic nitrogens is 5. The van der Waals surface area contributed by atoms with Crippen molar-refractivity contribution in [3.05, 3.63) is 64.5 Å². The first-order valence-corrected chi connectivity index (χ1v) is 10.1. The fourth-order valence-electron chi connectivity index (χ4n) is 3.35. The van der Waals surface area contributed by atoms with Crippen LogP contribution in [0.5, 0.6) is 0 Å². The summed E-state index contributed by atoms with van der Waals surface area (Å²) >= 11 is 0. The smallest absolute Gasteiger partial charge is 0.256 e. The van der Waals surface area contributed by atoms with Crippen LogP contribution in [0, 0.1) is 13.8 Å². The van der Waals surface area contributed by atoms with Gasteiger partial charge >= 0.3 is 0 Å². The minimum Gasteiger partial charge on any atom is -0.352 e. The molecular formula is C21H24N8O2. The molecule has 4 rings (SSSR count). The molecule has 10 nitrogen and oxygen atoms in total. The standard InChI is InChI=1S/C21H24N8O2/c1-15-16(2)23-14-29(21(15)31)13-20(30)28-11-9-27(10-12-28)19-7-6-18(25-26-19)24-17-5-3-4-8-22-17/h3-8,14H,9-13H2,1-2H3,(H,22,24,25). The number of nitrogens with one attached hydrogen (secondary N) is 1. The van der Waals surface area contributed by atoms with E-state index in [1.807, 2.05) is 30.3 Å². The first-order chi connectivity index (χ1) is 15.0. The molecule has 4 heterocycles. The molecule has 0 radical (unpaired) electrons. The predicted octanol–water partition coefficient (Wildman–Crippen LogP) is 1.14. The quantitative estimate of drug-likeness (QED) is 0.654. The average molecular weight is 420 g/mol. The normalized spacial score (nSPS) is 13.9. The minimum atomic E-state index is -0.172. The van der Waals surface area contributed by atoms with E-state index in [4.69, 9.17) is 0 Å². The zero-order chi connectivity index (χ0) is 21.8. The maximum absolute atomic E-state index is 12.7. The highest BCUT2D eigenvalue weighted by Crippen LogP contribution is 2.16. The molecule has 1 saturated heterocycles. The summed E-state index contributed by atoms with van der Waals surface area (Å²) in [5, 5.41) is 11.6. The van der Waals surface area contributed by atoms with E-state index in [2.05, 4.69) is 30.4 Å². The largest absolute Gasteiger partial charge is 0.352 e. The lowest BCUT2D eigenvalue weighted by Gasteiger charge is -2.35. The van der Waals surface area contributed by atoms with Gasteiger partial charge in [-0.2, -0.15) is 0 Å². The van der Waals surface area contributed by atoms with Crippen molar-refractivity contribution in [2.75, 3.05) is 36.4 Å². The molecule has 0 aromatic carbocycles. The molecule has 0 aliphatic carbocycles. The third-order valence-corrected chi connectivity index (χ3v) is 5.35. The van der Waals surface area contributed by atoms with Crippen LogP contribution in [0.2, 0.25) is 0 Å². The van der Waals surface area contributed by atoms with Crippen LogP contribution >= 0.6 is 0 Å². The highest BCUT2D eigenvalue weighted by atomic mass is 16.2. The fraction of sp³-hybridized carbons (Fsp3) is 0.333. The molecule has 0 atom stereocenters. The van der Waals surface area contributed by atoms with Crippen molar-refractivity contribution in [3.63, 3.8) is 0 Å². The minimum absolute atomic E-state index is 0.000642. The van der Waals surface area contributed by atoms with Gasteiger partial charge in [0.2, 0.25) is 5.91 Å². The summed E-state index contributed by atoms with van der Waals surface area (Å²) in [6.45, 7) is 5.92. The summed E-state index contributed by atoms with van der Waals surface area (Å²) in [5.41, 5.74) is 1.08. The van der Waals surface area contributed by atoms with Crippen molar-refractivity contribution >= 4 is 23.4 Å². The molecule has 0 unspecified atom stereocenters. The van der Waals surface area contributed by atoms with Gasteiger partial charge in [-0.25, -0.2) is 9.97 Å². The van der Waals surface area contributed by atoms with E-state index in [1.165, 1.54) is 10.9 Å². The van der Waals surface area contributed by atoms with Gasteiger partial charge in [0, 0.05) is 43.6 Å². The molecule has 1 aliphatic heterocycles. The summed E-state index contributed by atoms with van der Waals surface area (Å²) in [4.78, 5) is 37.2. The Labute approximate surface area is 179 Å². The van der Waals surface area contributed by atoms with Crippen molar-refractivity contribution in [1.29, 1.82) is 0 Å². The van der Waals surface area contributed by atoms with Gasteiger partial charge in [-0.15, -0.1) is 10.2 Å². The number of nitrogens with zero attached hydrogens (tertiary/aromatic N) is 7. The predicted molar refractivity (Wildman–Crippen MR) is 116 cm³/mol. The van der Waals surface area contributed by atoms with Gasteiger partial charge in [0.1, 0.15) is 12.4 Å². The second-order valence-electron chi connectivity index (χ2n) is 7.37. The maximum atomic E-state index is 12.7. The third kappa shape index (κ3) is 4.68. The lowest BCUT2D eigenvalue weighted by molar-refractivity contribution is -0.132. The van der Waals surface area contributed by atoms with Gasteiger partial charge in [0.05, 0.1) is 6.33 Å². The van der Waals surface area contributed by atoms with Crippen LogP contribution in [0.3, 0.4) is 0 Å².